The summed E-state index contributed by atoms with van der Waals surface area (Å²) < 4.78 is 23.4. The topological polar surface area (TPSA) is 29.1 Å². The molecule has 12 heavy (non-hydrogen) atoms. The second-order valence-electron chi connectivity index (χ2n) is 2.32. The van der Waals surface area contributed by atoms with Gasteiger partial charge in [-0.05, 0) is 6.42 Å². The van der Waals surface area contributed by atoms with Gasteiger partial charge in [-0.15, -0.1) is 12.3 Å². The molecule has 1 amide bonds. The summed E-state index contributed by atoms with van der Waals surface area (Å²) in [5, 5.41) is 2.14. The number of hydrogen-bond acceptors (Lipinski definition) is 1. The number of carbonyl (C=O) groups excluding carboxylic acids is 1. The molecule has 0 bridgehead atoms. The second kappa shape index (κ2) is 5.53. The lowest BCUT2D eigenvalue weighted by atomic mass is 10.1. The Bertz CT molecular complexity index is 186. The molecule has 0 aromatic heterocycles. The van der Waals surface area contributed by atoms with Gasteiger partial charge >= 0.3 is 6.43 Å². The number of terminal acetylenes is 1. The summed E-state index contributed by atoms with van der Waals surface area (Å²) in [6.45, 7) is 1.77. The molecule has 0 saturated heterocycles. The summed E-state index contributed by atoms with van der Waals surface area (Å²) in [5.41, 5.74) is 0. The van der Waals surface area contributed by atoms with Gasteiger partial charge in [-0.1, -0.05) is 6.92 Å². The molecule has 0 aromatic carbocycles. The van der Waals surface area contributed by atoms with Crippen LogP contribution in [0, 0.1) is 12.3 Å². The van der Waals surface area contributed by atoms with Crippen LogP contribution in [0.25, 0.3) is 0 Å². The van der Waals surface area contributed by atoms with Gasteiger partial charge in [0.15, 0.2) is 0 Å². The first-order valence-electron chi connectivity index (χ1n) is 3.63. The first-order valence-corrected chi connectivity index (χ1v) is 3.63. The van der Waals surface area contributed by atoms with E-state index < -0.39 is 12.3 Å². The average molecular weight is 175 g/mol. The Kier molecular flexibility index (Phi) is 5.02. The summed E-state index contributed by atoms with van der Waals surface area (Å²) in [4.78, 5) is 10.5. The minimum atomic E-state index is -2.96. The first kappa shape index (κ1) is 10.9. The molecule has 0 aromatic rings. The predicted octanol–water partition coefficient (Wildman–Crippen LogP) is 1.17. The molecule has 0 rings (SSSR count). The van der Waals surface area contributed by atoms with Crippen molar-refractivity contribution in [2.75, 3.05) is 0 Å². The zero-order valence-electron chi connectivity index (χ0n) is 6.81. The van der Waals surface area contributed by atoms with Crippen molar-refractivity contribution in [3.63, 3.8) is 0 Å². The Morgan fingerprint density at radius 3 is 2.58 bits per heavy atom. The van der Waals surface area contributed by atoms with E-state index in [1.54, 1.807) is 6.92 Å². The van der Waals surface area contributed by atoms with Crippen LogP contribution >= 0.6 is 0 Å². The van der Waals surface area contributed by atoms with Gasteiger partial charge < -0.3 is 5.32 Å². The first-order chi connectivity index (χ1) is 5.61. The highest BCUT2D eigenvalue weighted by molar-refractivity contribution is 5.79. The van der Waals surface area contributed by atoms with Crippen molar-refractivity contribution < 1.29 is 13.6 Å². The third kappa shape index (κ3) is 3.91. The van der Waals surface area contributed by atoms with E-state index in [4.69, 9.17) is 6.42 Å². The fraction of sp³-hybridized carbons (Fsp3) is 0.625. The molecule has 1 atom stereocenters. The van der Waals surface area contributed by atoms with E-state index in [-0.39, 0.29) is 12.5 Å². The van der Waals surface area contributed by atoms with Crippen LogP contribution in [-0.4, -0.2) is 18.4 Å². The lowest BCUT2D eigenvalue weighted by Gasteiger charge is -2.13. The van der Waals surface area contributed by atoms with Crippen LogP contribution in [0.1, 0.15) is 19.8 Å². The Morgan fingerprint density at radius 2 is 2.25 bits per heavy atom. The molecule has 1 N–H and O–H groups in total. The van der Waals surface area contributed by atoms with E-state index in [0.29, 0.717) is 6.42 Å². The fourth-order valence-electron chi connectivity index (χ4n) is 0.704. The number of hydrogen-bond donors (Lipinski definition) is 1. The Hall–Kier alpha value is -1.11. The molecular formula is C8H11F2NO. The number of amides is 1. The Morgan fingerprint density at radius 1 is 1.67 bits per heavy atom. The molecule has 0 aliphatic heterocycles. The molecular weight excluding hydrogens is 164 g/mol. The number of rotatable bonds is 4. The third-order valence-corrected chi connectivity index (χ3v) is 1.40. The van der Waals surface area contributed by atoms with Crippen molar-refractivity contribution in [3.05, 3.63) is 0 Å². The quantitative estimate of drug-likeness (QED) is 0.638. The number of halogens is 2. The highest BCUT2D eigenvalue weighted by Gasteiger charge is 2.17. The molecule has 0 heterocycles. The number of nitrogens with one attached hydrogen (secondary N) is 1. The molecule has 0 aliphatic rings. The van der Waals surface area contributed by atoms with Crippen LogP contribution in [0.3, 0.4) is 0 Å². The summed E-state index contributed by atoms with van der Waals surface area (Å²) in [5.74, 6) is 1.05. The van der Waals surface area contributed by atoms with Crippen molar-refractivity contribution in [3.8, 4) is 12.3 Å². The summed E-state index contributed by atoms with van der Waals surface area (Å²) in [7, 11) is 0. The number of carbonyl (C=O) groups is 1. The van der Waals surface area contributed by atoms with Crippen LogP contribution in [0.5, 0.6) is 0 Å². The van der Waals surface area contributed by atoms with E-state index in [0.717, 1.165) is 0 Å². The van der Waals surface area contributed by atoms with Gasteiger partial charge in [0.2, 0.25) is 0 Å². The van der Waals surface area contributed by atoms with E-state index >= 15 is 0 Å². The maximum atomic E-state index is 11.7. The maximum Gasteiger partial charge on any atom is 0.315 e. The molecule has 4 heteroatoms. The molecule has 2 nitrogen and oxygen atoms in total. The molecule has 0 radical (unpaired) electrons. The van der Waals surface area contributed by atoms with Gasteiger partial charge in [0.25, 0.3) is 5.91 Å². The van der Waals surface area contributed by atoms with Crippen molar-refractivity contribution in [1.29, 1.82) is 0 Å². The van der Waals surface area contributed by atoms with E-state index in [2.05, 4.69) is 11.2 Å². The highest BCUT2D eigenvalue weighted by atomic mass is 19.3. The SMILES string of the molecule is C#CCC(CC)NC(=O)C(F)F. The van der Waals surface area contributed by atoms with Gasteiger partial charge in [-0.25, -0.2) is 0 Å². The summed E-state index contributed by atoms with van der Waals surface area (Å²) in [6, 6.07) is -0.337. The lowest BCUT2D eigenvalue weighted by Crippen LogP contribution is -2.37. The van der Waals surface area contributed by atoms with E-state index in [9.17, 15) is 13.6 Å². The second-order valence-corrected chi connectivity index (χ2v) is 2.32. The van der Waals surface area contributed by atoms with E-state index in [1.165, 1.54) is 0 Å². The Labute approximate surface area is 70.3 Å². The van der Waals surface area contributed by atoms with Gasteiger partial charge in [0, 0.05) is 12.5 Å². The maximum absolute atomic E-state index is 11.7. The van der Waals surface area contributed by atoms with Gasteiger partial charge in [-0.3, -0.25) is 4.79 Å². The zero-order valence-corrected chi connectivity index (χ0v) is 6.81. The lowest BCUT2D eigenvalue weighted by molar-refractivity contribution is -0.132. The van der Waals surface area contributed by atoms with Gasteiger partial charge in [0.1, 0.15) is 0 Å². The standard InChI is InChI=1S/C8H11F2NO/c1-3-5-6(4-2)11-8(12)7(9)10/h1,6-7H,4-5H2,2H3,(H,11,12). The van der Waals surface area contributed by atoms with Crippen LogP contribution < -0.4 is 5.32 Å². The zero-order chi connectivity index (χ0) is 9.56. The van der Waals surface area contributed by atoms with Crippen LogP contribution in [0.15, 0.2) is 0 Å². The van der Waals surface area contributed by atoms with Crippen molar-refractivity contribution >= 4 is 5.91 Å². The molecule has 0 aliphatic carbocycles. The van der Waals surface area contributed by atoms with Crippen LogP contribution in [0.4, 0.5) is 8.78 Å². The third-order valence-electron chi connectivity index (χ3n) is 1.40. The molecule has 1 unspecified atom stereocenters. The fourth-order valence-corrected chi connectivity index (χ4v) is 0.704. The minimum Gasteiger partial charge on any atom is -0.347 e. The summed E-state index contributed by atoms with van der Waals surface area (Å²) in [6.07, 6.45) is 2.85. The van der Waals surface area contributed by atoms with E-state index in [1.807, 2.05) is 0 Å². The summed E-state index contributed by atoms with van der Waals surface area (Å²) >= 11 is 0. The van der Waals surface area contributed by atoms with Gasteiger partial charge in [-0.2, -0.15) is 8.78 Å². The normalized spacial score (nSPS) is 12.2. The van der Waals surface area contributed by atoms with Crippen molar-refractivity contribution in [1.82, 2.24) is 5.32 Å². The highest BCUT2D eigenvalue weighted by Crippen LogP contribution is 1.99. The molecule has 68 valence electrons. The monoisotopic (exact) mass is 175 g/mol. The van der Waals surface area contributed by atoms with Crippen molar-refractivity contribution in [2.45, 2.75) is 32.2 Å². The Balaban J connectivity index is 3.87. The largest absolute Gasteiger partial charge is 0.347 e. The smallest absolute Gasteiger partial charge is 0.315 e. The molecule has 0 spiro atoms. The average Bonchev–Trinajstić information content (AvgIpc) is 2.03. The van der Waals surface area contributed by atoms with Crippen LogP contribution in [0.2, 0.25) is 0 Å². The van der Waals surface area contributed by atoms with Crippen LogP contribution in [-0.2, 0) is 4.79 Å². The number of alkyl halides is 2. The van der Waals surface area contributed by atoms with Crippen molar-refractivity contribution in [2.24, 2.45) is 0 Å². The minimum absolute atomic E-state index is 0.287. The molecule has 0 saturated carbocycles. The predicted molar refractivity (Wildman–Crippen MR) is 41.7 cm³/mol. The molecule has 0 fully saturated rings. The van der Waals surface area contributed by atoms with Gasteiger partial charge in [0.05, 0.1) is 0 Å².